The third kappa shape index (κ3) is 2.53. The van der Waals surface area contributed by atoms with Crippen molar-refractivity contribution >= 4 is 27.6 Å². The Balaban J connectivity index is 2.83. The van der Waals surface area contributed by atoms with Crippen molar-refractivity contribution < 1.29 is 5.11 Å². The lowest BCUT2D eigenvalue weighted by molar-refractivity contribution is 0.281. The Morgan fingerprint density at radius 3 is 3.00 bits per heavy atom. The first-order valence-electron chi connectivity index (χ1n) is 3.78. The van der Waals surface area contributed by atoms with Gasteiger partial charge in [0.2, 0.25) is 0 Å². The fraction of sp³-hybridized carbons (Fsp3) is 0.429. The van der Waals surface area contributed by atoms with E-state index >= 15 is 0 Å². The molecule has 72 valence electrons. The molecule has 1 unspecified atom stereocenters. The molecule has 0 spiro atoms. The minimum atomic E-state index is -0.0643. The molecular formula is C7H11BrN4O. The summed E-state index contributed by atoms with van der Waals surface area (Å²) < 4.78 is 0.621. The normalized spacial score (nSPS) is 12.5. The fourth-order valence-electron chi connectivity index (χ4n) is 0.763. The van der Waals surface area contributed by atoms with Gasteiger partial charge in [0.15, 0.2) is 0 Å². The van der Waals surface area contributed by atoms with Gasteiger partial charge in [-0.1, -0.05) is 0 Å². The Hall–Kier alpha value is -0.880. The second kappa shape index (κ2) is 4.38. The van der Waals surface area contributed by atoms with Gasteiger partial charge in [0.25, 0.3) is 0 Å². The average molecular weight is 247 g/mol. The van der Waals surface area contributed by atoms with Crippen molar-refractivity contribution in [2.24, 2.45) is 0 Å². The molecule has 0 radical (unpaired) electrons. The van der Waals surface area contributed by atoms with Crippen molar-refractivity contribution in [2.75, 3.05) is 17.7 Å². The summed E-state index contributed by atoms with van der Waals surface area (Å²) in [5.74, 6) is 0.969. The van der Waals surface area contributed by atoms with Crippen LogP contribution in [0.15, 0.2) is 10.8 Å². The van der Waals surface area contributed by atoms with Gasteiger partial charge in [-0.2, -0.15) is 0 Å². The lowest BCUT2D eigenvalue weighted by Gasteiger charge is -2.12. The second-order valence-electron chi connectivity index (χ2n) is 2.65. The quantitative estimate of drug-likeness (QED) is 0.728. The molecule has 1 atom stereocenters. The lowest BCUT2D eigenvalue weighted by Crippen LogP contribution is -2.20. The minimum absolute atomic E-state index is 0.0380. The van der Waals surface area contributed by atoms with Crippen molar-refractivity contribution in [1.29, 1.82) is 0 Å². The maximum atomic E-state index is 8.80. The van der Waals surface area contributed by atoms with Crippen LogP contribution in [0.25, 0.3) is 0 Å². The predicted molar refractivity (Wildman–Crippen MR) is 54.3 cm³/mol. The minimum Gasteiger partial charge on any atom is -0.394 e. The zero-order valence-electron chi connectivity index (χ0n) is 7.16. The third-order valence-corrected chi connectivity index (χ3v) is 2.26. The number of aliphatic hydroxyl groups is 1. The smallest absolute Gasteiger partial charge is 0.146 e. The van der Waals surface area contributed by atoms with E-state index in [1.54, 1.807) is 0 Å². The van der Waals surface area contributed by atoms with E-state index in [9.17, 15) is 0 Å². The summed E-state index contributed by atoms with van der Waals surface area (Å²) in [6, 6.07) is -0.0643. The summed E-state index contributed by atoms with van der Waals surface area (Å²) in [4.78, 5) is 7.76. The summed E-state index contributed by atoms with van der Waals surface area (Å²) in [6.07, 6.45) is 1.37. The molecule has 4 N–H and O–H groups in total. The second-order valence-corrected chi connectivity index (χ2v) is 3.44. The summed E-state index contributed by atoms with van der Waals surface area (Å²) >= 11 is 3.24. The number of nitrogens with two attached hydrogens (primary N) is 1. The molecule has 0 aliphatic rings. The van der Waals surface area contributed by atoms with Gasteiger partial charge in [0.05, 0.1) is 6.61 Å². The van der Waals surface area contributed by atoms with Gasteiger partial charge in [0.1, 0.15) is 22.4 Å². The van der Waals surface area contributed by atoms with E-state index in [2.05, 4.69) is 31.2 Å². The number of halogens is 1. The number of aromatic nitrogens is 2. The van der Waals surface area contributed by atoms with Crippen LogP contribution in [0, 0.1) is 0 Å². The van der Waals surface area contributed by atoms with E-state index in [4.69, 9.17) is 10.8 Å². The van der Waals surface area contributed by atoms with Gasteiger partial charge < -0.3 is 16.2 Å². The van der Waals surface area contributed by atoms with Crippen LogP contribution in [0.4, 0.5) is 11.6 Å². The van der Waals surface area contributed by atoms with Crippen LogP contribution in [0.5, 0.6) is 0 Å². The zero-order chi connectivity index (χ0) is 9.84. The van der Waals surface area contributed by atoms with Gasteiger partial charge in [-0.15, -0.1) is 0 Å². The molecule has 13 heavy (non-hydrogen) atoms. The molecule has 1 heterocycles. The van der Waals surface area contributed by atoms with E-state index in [-0.39, 0.29) is 12.6 Å². The summed E-state index contributed by atoms with van der Waals surface area (Å²) in [6.45, 7) is 1.88. The van der Waals surface area contributed by atoms with Crippen molar-refractivity contribution in [3.63, 3.8) is 0 Å². The number of hydrogen-bond donors (Lipinski definition) is 3. The molecule has 1 aromatic rings. The predicted octanol–water partition coefficient (Wildman–Crippen LogP) is 0.614. The van der Waals surface area contributed by atoms with E-state index in [1.807, 2.05) is 6.92 Å². The van der Waals surface area contributed by atoms with Crippen LogP contribution in [0.3, 0.4) is 0 Å². The average Bonchev–Trinajstić information content (AvgIpc) is 2.13. The topological polar surface area (TPSA) is 84.1 Å². The lowest BCUT2D eigenvalue weighted by atomic mass is 10.3. The Bertz CT molecular complexity index is 294. The third-order valence-electron chi connectivity index (χ3n) is 1.47. The zero-order valence-corrected chi connectivity index (χ0v) is 8.74. The summed E-state index contributed by atoms with van der Waals surface area (Å²) in [5.41, 5.74) is 5.54. The van der Waals surface area contributed by atoms with Gasteiger partial charge in [-0.25, -0.2) is 9.97 Å². The SMILES string of the molecule is CC(CO)Nc1ncnc(N)c1Br. The number of aliphatic hydroxyl groups excluding tert-OH is 1. The Morgan fingerprint density at radius 1 is 1.69 bits per heavy atom. The molecule has 0 saturated carbocycles. The molecule has 0 aliphatic heterocycles. The van der Waals surface area contributed by atoms with Crippen molar-refractivity contribution in [2.45, 2.75) is 13.0 Å². The molecule has 0 amide bonds. The molecular weight excluding hydrogens is 236 g/mol. The number of anilines is 2. The summed E-state index contributed by atoms with van der Waals surface area (Å²) in [5, 5.41) is 11.8. The highest BCUT2D eigenvalue weighted by Crippen LogP contribution is 2.24. The van der Waals surface area contributed by atoms with Crippen molar-refractivity contribution in [3.05, 3.63) is 10.8 Å². The monoisotopic (exact) mass is 246 g/mol. The van der Waals surface area contributed by atoms with Crippen molar-refractivity contribution in [1.82, 2.24) is 9.97 Å². The number of rotatable bonds is 3. The number of nitrogens with one attached hydrogen (secondary N) is 1. The first kappa shape index (κ1) is 10.2. The molecule has 0 fully saturated rings. The van der Waals surface area contributed by atoms with Crippen LogP contribution in [0.2, 0.25) is 0 Å². The summed E-state index contributed by atoms with van der Waals surface area (Å²) in [7, 11) is 0. The van der Waals surface area contributed by atoms with Gasteiger partial charge in [0, 0.05) is 6.04 Å². The maximum absolute atomic E-state index is 8.80. The molecule has 1 rings (SSSR count). The van der Waals surface area contributed by atoms with Crippen LogP contribution in [-0.4, -0.2) is 27.7 Å². The highest BCUT2D eigenvalue weighted by molar-refractivity contribution is 9.10. The molecule has 0 saturated heterocycles. The van der Waals surface area contributed by atoms with Crippen LogP contribution in [-0.2, 0) is 0 Å². The Kier molecular flexibility index (Phi) is 3.44. The Morgan fingerprint density at radius 2 is 2.38 bits per heavy atom. The molecule has 5 nitrogen and oxygen atoms in total. The largest absolute Gasteiger partial charge is 0.394 e. The van der Waals surface area contributed by atoms with Gasteiger partial charge >= 0.3 is 0 Å². The molecule has 1 aromatic heterocycles. The van der Waals surface area contributed by atoms with E-state index in [0.29, 0.717) is 16.1 Å². The van der Waals surface area contributed by atoms with E-state index < -0.39 is 0 Å². The van der Waals surface area contributed by atoms with Crippen LogP contribution >= 0.6 is 15.9 Å². The van der Waals surface area contributed by atoms with E-state index in [0.717, 1.165) is 0 Å². The van der Waals surface area contributed by atoms with Gasteiger partial charge in [-0.05, 0) is 22.9 Å². The molecule has 6 heteroatoms. The van der Waals surface area contributed by atoms with Crippen LogP contribution < -0.4 is 11.1 Å². The highest BCUT2D eigenvalue weighted by Gasteiger charge is 2.07. The van der Waals surface area contributed by atoms with E-state index in [1.165, 1.54) is 6.33 Å². The van der Waals surface area contributed by atoms with Crippen molar-refractivity contribution in [3.8, 4) is 0 Å². The number of nitrogens with zero attached hydrogens (tertiary/aromatic N) is 2. The number of hydrogen-bond acceptors (Lipinski definition) is 5. The standard InChI is InChI=1S/C7H11BrN4O/c1-4(2-13)12-7-5(8)6(9)10-3-11-7/h3-4,13H,2H2,1H3,(H3,9,10,11,12). The highest BCUT2D eigenvalue weighted by atomic mass is 79.9. The van der Waals surface area contributed by atoms with Crippen LogP contribution in [0.1, 0.15) is 6.92 Å². The fourth-order valence-corrected chi connectivity index (χ4v) is 1.08. The first-order chi connectivity index (χ1) is 6.15. The Labute approximate surface area is 84.5 Å². The first-order valence-corrected chi connectivity index (χ1v) is 4.57. The number of nitrogen functional groups attached to an aromatic ring is 1. The molecule has 0 bridgehead atoms. The maximum Gasteiger partial charge on any atom is 0.146 e. The molecule has 0 aliphatic carbocycles. The van der Waals surface area contributed by atoms with Gasteiger partial charge in [-0.3, -0.25) is 0 Å². The molecule has 0 aromatic carbocycles.